The van der Waals surface area contributed by atoms with E-state index in [4.69, 9.17) is 9.84 Å². The zero-order valence-electron chi connectivity index (χ0n) is 10.7. The number of rotatable bonds is 6. The fourth-order valence-corrected chi connectivity index (χ4v) is 1.38. The van der Waals surface area contributed by atoms with E-state index in [1.807, 2.05) is 0 Å². The van der Waals surface area contributed by atoms with E-state index in [9.17, 15) is 18.0 Å². The lowest BCUT2D eigenvalue weighted by Crippen LogP contribution is -2.41. The van der Waals surface area contributed by atoms with Gasteiger partial charge in [0.15, 0.2) is 6.10 Å². The number of methoxy groups -OCH3 is 1. The Hall–Kier alpha value is -1.80. The van der Waals surface area contributed by atoms with Crippen LogP contribution in [0.3, 0.4) is 0 Å². The molecule has 0 aliphatic heterocycles. The Morgan fingerprint density at radius 1 is 1.40 bits per heavy atom. The molecule has 112 valence electrons. The van der Waals surface area contributed by atoms with Crippen LogP contribution in [0.4, 0.5) is 18.9 Å². The predicted molar refractivity (Wildman–Crippen MR) is 66.6 cm³/mol. The molecule has 0 aromatic heterocycles. The second-order valence-corrected chi connectivity index (χ2v) is 3.94. The first-order chi connectivity index (χ1) is 9.34. The highest BCUT2D eigenvalue weighted by molar-refractivity contribution is 5.93. The van der Waals surface area contributed by atoms with Gasteiger partial charge in [-0.2, -0.15) is 13.2 Å². The minimum absolute atomic E-state index is 0.356. The second kappa shape index (κ2) is 7.11. The van der Waals surface area contributed by atoms with Gasteiger partial charge in [-0.1, -0.05) is 12.1 Å². The summed E-state index contributed by atoms with van der Waals surface area (Å²) in [6, 6.07) is 6.63. The molecule has 1 aromatic rings. The number of benzene rings is 1. The number of amides is 1. The summed E-state index contributed by atoms with van der Waals surface area (Å²) in [5, 5.41) is 13.4. The largest absolute Gasteiger partial charge is 0.495 e. The number of para-hydroxylation sites is 2. The van der Waals surface area contributed by atoms with Crippen molar-refractivity contribution in [3.63, 3.8) is 0 Å². The van der Waals surface area contributed by atoms with E-state index in [1.165, 1.54) is 7.11 Å². The van der Waals surface area contributed by atoms with Gasteiger partial charge in [-0.3, -0.25) is 4.79 Å². The summed E-state index contributed by atoms with van der Waals surface area (Å²) in [7, 11) is 1.43. The molecule has 1 amide bonds. The number of hydrogen-bond donors (Lipinski definition) is 3. The molecular formula is C12H15F3N2O3. The van der Waals surface area contributed by atoms with Gasteiger partial charge in [-0.15, -0.1) is 0 Å². The smallest absolute Gasteiger partial charge is 0.415 e. The van der Waals surface area contributed by atoms with Crippen LogP contribution in [0.5, 0.6) is 5.75 Å². The maximum Gasteiger partial charge on any atom is 0.415 e. The fraction of sp³-hybridized carbons (Fsp3) is 0.417. The number of anilines is 1. The monoisotopic (exact) mass is 292 g/mol. The third-order valence-corrected chi connectivity index (χ3v) is 2.38. The van der Waals surface area contributed by atoms with Crippen LogP contribution in [0.2, 0.25) is 0 Å². The first-order valence-corrected chi connectivity index (χ1v) is 5.73. The molecule has 0 radical (unpaired) electrons. The lowest BCUT2D eigenvalue weighted by atomic mass is 10.3. The average molecular weight is 292 g/mol. The summed E-state index contributed by atoms with van der Waals surface area (Å²) in [5.41, 5.74) is 0.415. The molecule has 0 spiro atoms. The maximum absolute atomic E-state index is 12.0. The van der Waals surface area contributed by atoms with E-state index < -0.39 is 24.7 Å². The number of hydrogen-bond acceptors (Lipinski definition) is 4. The topological polar surface area (TPSA) is 70.6 Å². The molecule has 0 saturated heterocycles. The zero-order chi connectivity index (χ0) is 15.2. The summed E-state index contributed by atoms with van der Waals surface area (Å²) >= 11 is 0. The van der Waals surface area contributed by atoms with Crippen molar-refractivity contribution < 1.29 is 27.8 Å². The van der Waals surface area contributed by atoms with Crippen molar-refractivity contribution in [2.45, 2.75) is 12.3 Å². The normalized spacial score (nSPS) is 12.8. The summed E-state index contributed by atoms with van der Waals surface area (Å²) in [5.74, 6) is -0.0972. The van der Waals surface area contributed by atoms with Crippen molar-refractivity contribution in [1.82, 2.24) is 5.32 Å². The SMILES string of the molecule is COc1ccccc1NC(=O)CNCC(O)C(F)(F)F. The number of halogens is 3. The van der Waals surface area contributed by atoms with E-state index >= 15 is 0 Å². The van der Waals surface area contributed by atoms with Crippen LogP contribution in [0.15, 0.2) is 24.3 Å². The lowest BCUT2D eigenvalue weighted by Gasteiger charge is -2.15. The Kier molecular flexibility index (Phi) is 5.78. The van der Waals surface area contributed by atoms with E-state index in [2.05, 4.69) is 10.6 Å². The Labute approximate surface area is 113 Å². The van der Waals surface area contributed by atoms with Crippen molar-refractivity contribution in [1.29, 1.82) is 0 Å². The highest BCUT2D eigenvalue weighted by Gasteiger charge is 2.37. The van der Waals surface area contributed by atoms with Crippen LogP contribution in [-0.4, -0.2) is 43.5 Å². The van der Waals surface area contributed by atoms with Gasteiger partial charge in [-0.05, 0) is 12.1 Å². The fourth-order valence-electron chi connectivity index (χ4n) is 1.38. The van der Waals surface area contributed by atoms with Crippen molar-refractivity contribution in [3.8, 4) is 5.75 Å². The van der Waals surface area contributed by atoms with Crippen LogP contribution in [0, 0.1) is 0 Å². The van der Waals surface area contributed by atoms with Crippen LogP contribution >= 0.6 is 0 Å². The van der Waals surface area contributed by atoms with Gasteiger partial charge in [0.1, 0.15) is 5.75 Å². The molecule has 0 bridgehead atoms. The van der Waals surface area contributed by atoms with Gasteiger partial charge in [0.05, 0.1) is 19.3 Å². The van der Waals surface area contributed by atoms with Gasteiger partial charge in [0.25, 0.3) is 0 Å². The Bertz CT molecular complexity index is 452. The number of aliphatic hydroxyl groups excluding tert-OH is 1. The molecular weight excluding hydrogens is 277 g/mol. The van der Waals surface area contributed by atoms with Gasteiger partial charge < -0.3 is 20.5 Å². The molecule has 0 aliphatic rings. The number of ether oxygens (including phenoxy) is 1. The lowest BCUT2D eigenvalue weighted by molar-refractivity contribution is -0.201. The molecule has 0 heterocycles. The van der Waals surface area contributed by atoms with E-state index in [0.29, 0.717) is 11.4 Å². The molecule has 0 aliphatic carbocycles. The van der Waals surface area contributed by atoms with Crippen LogP contribution in [0.1, 0.15) is 0 Å². The molecule has 5 nitrogen and oxygen atoms in total. The zero-order valence-corrected chi connectivity index (χ0v) is 10.7. The molecule has 20 heavy (non-hydrogen) atoms. The summed E-state index contributed by atoms with van der Waals surface area (Å²) < 4.78 is 41.0. The van der Waals surface area contributed by atoms with Crippen molar-refractivity contribution in [3.05, 3.63) is 24.3 Å². The highest BCUT2D eigenvalue weighted by Crippen LogP contribution is 2.22. The van der Waals surface area contributed by atoms with E-state index in [-0.39, 0.29) is 6.54 Å². The Balaban J connectivity index is 2.41. The average Bonchev–Trinajstić information content (AvgIpc) is 2.38. The summed E-state index contributed by atoms with van der Waals surface area (Å²) in [6.45, 7) is -1.10. The predicted octanol–water partition coefficient (Wildman–Crippen LogP) is 1.15. The van der Waals surface area contributed by atoms with E-state index in [0.717, 1.165) is 0 Å². The molecule has 1 aromatic carbocycles. The second-order valence-electron chi connectivity index (χ2n) is 3.94. The molecule has 1 rings (SSSR count). The molecule has 1 unspecified atom stereocenters. The molecule has 0 saturated carbocycles. The summed E-state index contributed by atoms with van der Waals surface area (Å²) in [6.07, 6.45) is -7.20. The summed E-state index contributed by atoms with van der Waals surface area (Å²) in [4.78, 5) is 11.5. The van der Waals surface area contributed by atoms with E-state index in [1.54, 1.807) is 24.3 Å². The Morgan fingerprint density at radius 3 is 2.65 bits per heavy atom. The van der Waals surface area contributed by atoms with Crippen LogP contribution in [-0.2, 0) is 4.79 Å². The Morgan fingerprint density at radius 2 is 2.05 bits per heavy atom. The number of carbonyl (C=O) groups excluding carboxylic acids is 1. The molecule has 3 N–H and O–H groups in total. The quantitative estimate of drug-likeness (QED) is 0.735. The molecule has 0 fully saturated rings. The van der Waals surface area contributed by atoms with Gasteiger partial charge in [-0.25, -0.2) is 0 Å². The van der Waals surface area contributed by atoms with Crippen molar-refractivity contribution >= 4 is 11.6 Å². The first kappa shape index (κ1) is 16.3. The third kappa shape index (κ3) is 5.06. The number of nitrogens with one attached hydrogen (secondary N) is 2. The molecule has 1 atom stereocenters. The number of aliphatic hydroxyl groups is 1. The van der Waals surface area contributed by atoms with Gasteiger partial charge >= 0.3 is 6.18 Å². The maximum atomic E-state index is 12.0. The first-order valence-electron chi connectivity index (χ1n) is 5.73. The third-order valence-electron chi connectivity index (χ3n) is 2.38. The minimum Gasteiger partial charge on any atom is -0.495 e. The van der Waals surface area contributed by atoms with Gasteiger partial charge in [0.2, 0.25) is 5.91 Å². The number of alkyl halides is 3. The standard InChI is InChI=1S/C12H15F3N2O3/c1-20-9-5-3-2-4-8(9)17-11(19)7-16-6-10(18)12(13,14)15/h2-5,10,16,18H,6-7H2,1H3,(H,17,19). The minimum atomic E-state index is -4.70. The van der Waals surface area contributed by atoms with Gasteiger partial charge in [0, 0.05) is 6.54 Å². The van der Waals surface area contributed by atoms with Crippen LogP contribution < -0.4 is 15.4 Å². The van der Waals surface area contributed by atoms with Crippen molar-refractivity contribution in [2.75, 3.05) is 25.5 Å². The van der Waals surface area contributed by atoms with Crippen LogP contribution in [0.25, 0.3) is 0 Å². The number of carbonyl (C=O) groups is 1. The molecule has 8 heteroatoms. The highest BCUT2D eigenvalue weighted by atomic mass is 19.4. The van der Waals surface area contributed by atoms with Crippen molar-refractivity contribution in [2.24, 2.45) is 0 Å².